The molecule has 2 fully saturated rings. The Balaban J connectivity index is 1.52. The molecule has 1 aromatic carbocycles. The van der Waals surface area contributed by atoms with E-state index in [0.29, 0.717) is 0 Å². The minimum atomic E-state index is -1.04. The molecule has 1 aromatic rings. The second kappa shape index (κ2) is 6.13. The maximum absolute atomic E-state index is 10.6. The van der Waals surface area contributed by atoms with E-state index in [4.69, 9.17) is 9.47 Å². The second-order valence-electron chi connectivity index (χ2n) is 5.90. The summed E-state index contributed by atoms with van der Waals surface area (Å²) in [6.45, 7) is 4.48. The molecule has 5 heteroatoms. The van der Waals surface area contributed by atoms with Gasteiger partial charge in [-0.15, -0.1) is 0 Å². The van der Waals surface area contributed by atoms with Gasteiger partial charge in [0.25, 0.3) is 0 Å². The number of aliphatic carboxylic acids is 1. The Morgan fingerprint density at radius 2 is 1.67 bits per heavy atom. The van der Waals surface area contributed by atoms with Crippen LogP contribution in [0.15, 0.2) is 24.3 Å². The zero-order valence-electron chi connectivity index (χ0n) is 12.1. The average molecular weight is 291 g/mol. The van der Waals surface area contributed by atoms with E-state index in [2.05, 4.69) is 0 Å². The number of hydrogen-bond acceptors (Lipinski definition) is 4. The number of carbonyl (C=O) groups is 1. The molecule has 0 unspecified atom stereocenters. The molecular formula is C16H21NO4. The molecule has 1 N–H and O–H groups in total. The maximum Gasteiger partial charge on any atom is 0.179 e. The van der Waals surface area contributed by atoms with Crippen molar-refractivity contribution >= 4 is 5.97 Å². The molecule has 0 bridgehead atoms. The molecule has 21 heavy (non-hydrogen) atoms. The number of rotatable bonds is 4. The van der Waals surface area contributed by atoms with Crippen LogP contribution in [0.1, 0.15) is 24.0 Å². The van der Waals surface area contributed by atoms with E-state index in [9.17, 15) is 9.90 Å². The molecule has 2 aliphatic heterocycles. The number of carbonyl (C=O) groups excluding carboxylic acids is 1. The van der Waals surface area contributed by atoms with Crippen molar-refractivity contribution in [1.82, 2.24) is 0 Å². The molecule has 0 aliphatic carbocycles. The first-order valence-corrected chi connectivity index (χ1v) is 7.54. The normalized spacial score (nSPS) is 21.7. The van der Waals surface area contributed by atoms with Crippen molar-refractivity contribution in [2.45, 2.75) is 31.6 Å². The van der Waals surface area contributed by atoms with Gasteiger partial charge in [-0.25, -0.2) is 0 Å². The molecule has 0 atom stereocenters. The van der Waals surface area contributed by atoms with Crippen LogP contribution in [0.4, 0.5) is 0 Å². The standard InChI is InChI=1S/C16H21NO4/c18-15(19)11-13-1-3-14(4-2-13)12-17-7-5-16(6-8-17)20-9-10-21-16/h1-4H,5-12H2,(H,18,19). The lowest BCUT2D eigenvalue weighted by atomic mass is 10.0. The lowest BCUT2D eigenvalue weighted by molar-refractivity contribution is -0.922. The summed E-state index contributed by atoms with van der Waals surface area (Å²) < 4.78 is 11.5. The van der Waals surface area contributed by atoms with Crippen LogP contribution < -0.4 is 10.0 Å². The van der Waals surface area contributed by atoms with Crippen LogP contribution in [-0.4, -0.2) is 38.1 Å². The van der Waals surface area contributed by atoms with Crippen LogP contribution in [0.25, 0.3) is 0 Å². The maximum atomic E-state index is 10.6. The number of quaternary nitrogens is 1. The van der Waals surface area contributed by atoms with E-state index < -0.39 is 5.97 Å². The fourth-order valence-electron chi connectivity index (χ4n) is 3.18. The summed E-state index contributed by atoms with van der Waals surface area (Å²) >= 11 is 0. The SMILES string of the molecule is O=C([O-])Cc1ccc(C[NH+]2CCC3(CC2)OCCO3)cc1. The number of ether oxygens (including phenoxy) is 2. The predicted molar refractivity (Wildman–Crippen MR) is 73.4 cm³/mol. The molecule has 114 valence electrons. The zero-order chi connectivity index (χ0) is 14.7. The molecule has 2 aliphatic rings. The topological polar surface area (TPSA) is 63.0 Å². The zero-order valence-corrected chi connectivity index (χ0v) is 12.1. The van der Waals surface area contributed by atoms with Crippen molar-refractivity contribution in [3.63, 3.8) is 0 Å². The van der Waals surface area contributed by atoms with Gasteiger partial charge in [-0.05, 0) is 5.56 Å². The number of carboxylic acids is 1. The lowest BCUT2D eigenvalue weighted by Gasteiger charge is -2.35. The van der Waals surface area contributed by atoms with Gasteiger partial charge in [0.2, 0.25) is 0 Å². The van der Waals surface area contributed by atoms with Gasteiger partial charge >= 0.3 is 0 Å². The third-order valence-electron chi connectivity index (χ3n) is 4.36. The van der Waals surface area contributed by atoms with E-state index in [1.54, 1.807) is 0 Å². The predicted octanol–water partition coefficient (Wildman–Crippen LogP) is -1.10. The fourth-order valence-corrected chi connectivity index (χ4v) is 3.18. The Labute approximate surface area is 124 Å². The first-order chi connectivity index (χ1) is 10.2. The van der Waals surface area contributed by atoms with E-state index in [1.165, 1.54) is 10.5 Å². The Bertz CT molecular complexity index is 484. The van der Waals surface area contributed by atoms with Gasteiger partial charge in [-0.3, -0.25) is 0 Å². The van der Waals surface area contributed by atoms with E-state index in [0.717, 1.165) is 51.3 Å². The quantitative estimate of drug-likeness (QED) is 0.765. The highest BCUT2D eigenvalue weighted by atomic mass is 16.7. The number of benzene rings is 1. The summed E-state index contributed by atoms with van der Waals surface area (Å²) in [7, 11) is 0. The Morgan fingerprint density at radius 1 is 1.10 bits per heavy atom. The highest BCUT2D eigenvalue weighted by molar-refractivity contribution is 5.67. The van der Waals surface area contributed by atoms with Crippen LogP contribution in [0.5, 0.6) is 0 Å². The van der Waals surface area contributed by atoms with Gasteiger partial charge in [0.05, 0.1) is 39.1 Å². The van der Waals surface area contributed by atoms with Crippen molar-refractivity contribution < 1.29 is 24.3 Å². The molecule has 2 heterocycles. The minimum Gasteiger partial charge on any atom is -0.550 e. The van der Waals surface area contributed by atoms with E-state index in [1.807, 2.05) is 24.3 Å². The van der Waals surface area contributed by atoms with Gasteiger partial charge < -0.3 is 24.3 Å². The number of hydrogen-bond donors (Lipinski definition) is 1. The number of nitrogens with one attached hydrogen (secondary N) is 1. The second-order valence-corrected chi connectivity index (χ2v) is 5.90. The van der Waals surface area contributed by atoms with Crippen LogP contribution in [-0.2, 0) is 27.2 Å². The number of carboxylic acid groups (broad SMARTS) is 1. The average Bonchev–Trinajstić information content (AvgIpc) is 2.92. The van der Waals surface area contributed by atoms with Crippen LogP contribution >= 0.6 is 0 Å². The van der Waals surface area contributed by atoms with Gasteiger partial charge in [-0.1, -0.05) is 24.3 Å². The van der Waals surface area contributed by atoms with Crippen molar-refractivity contribution in [1.29, 1.82) is 0 Å². The Kier molecular flexibility index (Phi) is 4.24. The highest BCUT2D eigenvalue weighted by Gasteiger charge is 2.41. The van der Waals surface area contributed by atoms with Gasteiger partial charge in [0.1, 0.15) is 6.54 Å². The molecule has 5 nitrogen and oxygen atoms in total. The first kappa shape index (κ1) is 14.5. The summed E-state index contributed by atoms with van der Waals surface area (Å²) in [5, 5.41) is 10.6. The van der Waals surface area contributed by atoms with Gasteiger partial charge in [0.15, 0.2) is 5.79 Å². The Morgan fingerprint density at radius 3 is 2.24 bits per heavy atom. The van der Waals surface area contributed by atoms with Gasteiger partial charge in [-0.2, -0.15) is 0 Å². The van der Waals surface area contributed by atoms with E-state index in [-0.39, 0.29) is 12.2 Å². The minimum absolute atomic E-state index is 0.0198. The molecule has 0 aromatic heterocycles. The summed E-state index contributed by atoms with van der Waals surface area (Å²) in [5.74, 6) is -1.34. The fraction of sp³-hybridized carbons (Fsp3) is 0.562. The first-order valence-electron chi connectivity index (χ1n) is 7.54. The monoisotopic (exact) mass is 291 g/mol. The third-order valence-corrected chi connectivity index (χ3v) is 4.36. The van der Waals surface area contributed by atoms with Crippen molar-refractivity contribution in [3.8, 4) is 0 Å². The van der Waals surface area contributed by atoms with Crippen molar-refractivity contribution in [3.05, 3.63) is 35.4 Å². The number of piperidine rings is 1. The highest BCUT2D eigenvalue weighted by Crippen LogP contribution is 2.27. The molecule has 1 spiro atoms. The molecule has 2 saturated heterocycles. The van der Waals surface area contributed by atoms with Crippen molar-refractivity contribution in [2.75, 3.05) is 26.3 Å². The summed E-state index contributed by atoms with van der Waals surface area (Å²) in [6, 6.07) is 7.77. The Hall–Kier alpha value is -1.43. The molecule has 0 amide bonds. The molecule has 3 rings (SSSR count). The lowest BCUT2D eigenvalue weighted by Crippen LogP contribution is -3.12. The molecule has 0 saturated carbocycles. The van der Waals surface area contributed by atoms with E-state index >= 15 is 0 Å². The largest absolute Gasteiger partial charge is 0.550 e. The van der Waals surface area contributed by atoms with Crippen LogP contribution in [0.3, 0.4) is 0 Å². The van der Waals surface area contributed by atoms with Crippen LogP contribution in [0, 0.1) is 0 Å². The number of likely N-dealkylation sites (tertiary alicyclic amines) is 1. The molecule has 0 radical (unpaired) electrons. The summed E-state index contributed by atoms with van der Waals surface area (Å²) in [4.78, 5) is 12.1. The smallest absolute Gasteiger partial charge is 0.179 e. The molecular weight excluding hydrogens is 270 g/mol. The summed E-state index contributed by atoms with van der Waals surface area (Å²) in [6.07, 6.45) is 1.88. The van der Waals surface area contributed by atoms with Gasteiger partial charge in [0, 0.05) is 18.0 Å². The third kappa shape index (κ3) is 3.61. The van der Waals surface area contributed by atoms with Crippen molar-refractivity contribution in [2.24, 2.45) is 0 Å². The summed E-state index contributed by atoms with van der Waals surface area (Å²) in [5.41, 5.74) is 2.02. The van der Waals surface area contributed by atoms with Crippen LogP contribution in [0.2, 0.25) is 0 Å².